The zero-order valence-electron chi connectivity index (χ0n) is 21.8. The van der Waals surface area contributed by atoms with Crippen LogP contribution in [0.2, 0.25) is 5.02 Å². The van der Waals surface area contributed by atoms with Crippen LogP contribution in [0.5, 0.6) is 0 Å². The molecule has 3 aliphatic carbocycles. The van der Waals surface area contributed by atoms with Gasteiger partial charge in [-0.05, 0) is 91.0 Å². The van der Waals surface area contributed by atoms with Gasteiger partial charge < -0.3 is 10.6 Å². The molecular weight excluding hydrogens is 480 g/mol. The normalized spacial score (nSPS) is 37.1. The Labute approximate surface area is 225 Å². The molecule has 2 aromatic carbocycles. The Balaban J connectivity index is 1.24. The molecule has 0 aromatic heterocycles. The molecule has 3 fully saturated rings. The van der Waals surface area contributed by atoms with E-state index in [2.05, 4.69) is 42.7 Å². The van der Waals surface area contributed by atoms with Gasteiger partial charge in [-0.1, -0.05) is 74.0 Å². The van der Waals surface area contributed by atoms with Gasteiger partial charge in [-0.15, -0.1) is 0 Å². The summed E-state index contributed by atoms with van der Waals surface area (Å²) in [5.74, 6) is 1.97. The van der Waals surface area contributed by atoms with Crippen LogP contribution in [0.1, 0.15) is 69.5 Å². The molecule has 0 spiro atoms. The van der Waals surface area contributed by atoms with Crippen molar-refractivity contribution in [3.63, 3.8) is 0 Å². The van der Waals surface area contributed by atoms with Crippen LogP contribution in [0.15, 0.2) is 66.7 Å². The molecule has 1 heterocycles. The lowest BCUT2D eigenvalue weighted by Crippen LogP contribution is -2.59. The number of carbonyl (C=O) groups excluding carboxylic acids is 2. The van der Waals surface area contributed by atoms with Crippen molar-refractivity contribution in [2.75, 3.05) is 0 Å². The van der Waals surface area contributed by atoms with Gasteiger partial charge >= 0.3 is 0 Å². The molecule has 5 heteroatoms. The minimum atomic E-state index is -0.199. The quantitative estimate of drug-likeness (QED) is 0.490. The zero-order valence-corrected chi connectivity index (χ0v) is 22.5. The van der Waals surface area contributed by atoms with Crippen LogP contribution in [0.4, 0.5) is 0 Å². The highest BCUT2D eigenvalue weighted by atomic mass is 35.5. The van der Waals surface area contributed by atoms with Crippen LogP contribution in [-0.4, -0.2) is 17.9 Å². The monoisotopic (exact) mass is 516 g/mol. The zero-order chi connectivity index (χ0) is 25.8. The van der Waals surface area contributed by atoms with Gasteiger partial charge in [-0.25, -0.2) is 0 Å². The Morgan fingerprint density at radius 1 is 0.946 bits per heavy atom. The summed E-state index contributed by atoms with van der Waals surface area (Å²) in [4.78, 5) is 26.1. The lowest BCUT2D eigenvalue weighted by Gasteiger charge is -2.58. The molecule has 2 N–H and O–H groups in total. The van der Waals surface area contributed by atoms with E-state index in [9.17, 15) is 9.59 Å². The van der Waals surface area contributed by atoms with Crippen molar-refractivity contribution in [2.45, 2.75) is 64.5 Å². The number of carbonyl (C=O) groups is 2. The molecule has 8 atom stereocenters. The smallest absolute Gasteiger partial charge is 0.243 e. The maximum absolute atomic E-state index is 14.0. The molecule has 4 aliphatic rings. The summed E-state index contributed by atoms with van der Waals surface area (Å²) < 4.78 is 0. The Kier molecular flexibility index (Phi) is 6.22. The molecule has 3 saturated carbocycles. The van der Waals surface area contributed by atoms with E-state index >= 15 is 0 Å². The number of nitrogens with one attached hydrogen (secondary N) is 2. The first-order valence-electron chi connectivity index (χ1n) is 13.9. The van der Waals surface area contributed by atoms with Crippen LogP contribution in [0.25, 0.3) is 0 Å². The number of fused-ring (bicyclic) bond motifs is 5. The Hall–Kier alpha value is -2.59. The van der Waals surface area contributed by atoms with Crippen molar-refractivity contribution in [1.82, 2.24) is 10.6 Å². The van der Waals surface area contributed by atoms with Crippen molar-refractivity contribution >= 4 is 23.4 Å². The second-order valence-electron chi connectivity index (χ2n) is 12.3. The van der Waals surface area contributed by atoms with E-state index in [4.69, 9.17) is 11.6 Å². The third-order valence-electron chi connectivity index (χ3n) is 10.6. The lowest BCUT2D eigenvalue weighted by molar-refractivity contribution is -0.134. The molecule has 0 saturated heterocycles. The highest BCUT2D eigenvalue weighted by molar-refractivity contribution is 6.30. The first-order chi connectivity index (χ1) is 17.8. The fraction of sp³-hybridized carbons (Fsp3) is 0.500. The molecule has 0 radical (unpaired) electrons. The predicted molar refractivity (Wildman–Crippen MR) is 147 cm³/mol. The van der Waals surface area contributed by atoms with Gasteiger partial charge in [-0.3, -0.25) is 9.59 Å². The van der Waals surface area contributed by atoms with Crippen LogP contribution in [0, 0.1) is 34.5 Å². The molecular formula is C32H37ClN2O2. The van der Waals surface area contributed by atoms with Gasteiger partial charge in [0.15, 0.2) is 0 Å². The fourth-order valence-corrected chi connectivity index (χ4v) is 8.79. The second-order valence-corrected chi connectivity index (χ2v) is 12.7. The minimum Gasteiger partial charge on any atom is -0.349 e. The Bertz CT molecular complexity index is 1210. The van der Waals surface area contributed by atoms with Gasteiger partial charge in [-0.2, -0.15) is 0 Å². The van der Waals surface area contributed by atoms with Crippen molar-refractivity contribution in [3.8, 4) is 0 Å². The van der Waals surface area contributed by atoms with Gasteiger partial charge in [0.2, 0.25) is 11.8 Å². The number of rotatable bonds is 4. The topological polar surface area (TPSA) is 58.2 Å². The van der Waals surface area contributed by atoms with Gasteiger partial charge in [0.05, 0.1) is 6.04 Å². The van der Waals surface area contributed by atoms with E-state index in [1.807, 2.05) is 42.5 Å². The molecule has 4 nitrogen and oxygen atoms in total. The van der Waals surface area contributed by atoms with E-state index in [-0.39, 0.29) is 40.6 Å². The minimum absolute atomic E-state index is 0.0112. The van der Waals surface area contributed by atoms with Gasteiger partial charge in [0.1, 0.15) is 0 Å². The highest BCUT2D eigenvalue weighted by Crippen LogP contribution is 2.65. The van der Waals surface area contributed by atoms with Crippen molar-refractivity contribution in [2.24, 2.45) is 34.5 Å². The summed E-state index contributed by atoms with van der Waals surface area (Å²) in [7, 11) is 0. The van der Waals surface area contributed by atoms with Crippen LogP contribution < -0.4 is 10.6 Å². The van der Waals surface area contributed by atoms with E-state index in [0.29, 0.717) is 22.8 Å². The Morgan fingerprint density at radius 2 is 1.68 bits per heavy atom. The number of hydrogen-bond acceptors (Lipinski definition) is 2. The average Bonchev–Trinajstić information content (AvgIpc) is 3.26. The summed E-state index contributed by atoms with van der Waals surface area (Å²) in [6.45, 7) is 4.74. The van der Waals surface area contributed by atoms with Crippen LogP contribution >= 0.6 is 11.6 Å². The third kappa shape index (κ3) is 4.12. The summed E-state index contributed by atoms with van der Waals surface area (Å²) in [6, 6.07) is 18.1. The summed E-state index contributed by atoms with van der Waals surface area (Å²) >= 11 is 6.17. The summed E-state index contributed by atoms with van der Waals surface area (Å²) in [5, 5.41) is 7.40. The van der Waals surface area contributed by atoms with Crippen molar-refractivity contribution in [3.05, 3.63) is 82.9 Å². The highest BCUT2D eigenvalue weighted by Gasteiger charge is 2.61. The molecule has 2 aromatic rings. The van der Waals surface area contributed by atoms with Crippen molar-refractivity contribution < 1.29 is 9.59 Å². The molecule has 194 valence electrons. The molecule has 1 aliphatic heterocycles. The number of amides is 2. The first-order valence-corrected chi connectivity index (χ1v) is 14.3. The fourth-order valence-electron chi connectivity index (χ4n) is 8.67. The van der Waals surface area contributed by atoms with Crippen molar-refractivity contribution in [1.29, 1.82) is 0 Å². The molecule has 0 bridgehead atoms. The van der Waals surface area contributed by atoms with Gasteiger partial charge in [0, 0.05) is 22.4 Å². The maximum Gasteiger partial charge on any atom is 0.243 e. The molecule has 3 unspecified atom stereocenters. The van der Waals surface area contributed by atoms with E-state index < -0.39 is 0 Å². The van der Waals surface area contributed by atoms with Crippen LogP contribution in [0.3, 0.4) is 0 Å². The maximum atomic E-state index is 14.0. The third-order valence-corrected chi connectivity index (χ3v) is 10.9. The second kappa shape index (κ2) is 9.31. The van der Waals surface area contributed by atoms with E-state index in [1.54, 1.807) is 6.08 Å². The lowest BCUT2D eigenvalue weighted by atomic mass is 9.48. The SMILES string of the molecule is C[C@]12C=CC(=O)NC1CC[C@@H]1[C@H]2CC[C@]2(C)C(C(=O)NC(c3ccccc3)c3ccc(Cl)cc3)CC[C@@H]12. The number of benzene rings is 2. The number of halogens is 1. The first kappa shape index (κ1) is 24.7. The molecule has 37 heavy (non-hydrogen) atoms. The molecule has 6 rings (SSSR count). The largest absolute Gasteiger partial charge is 0.349 e. The van der Waals surface area contributed by atoms with Gasteiger partial charge in [0.25, 0.3) is 0 Å². The molecule has 2 amide bonds. The predicted octanol–water partition coefficient (Wildman–Crippen LogP) is 6.46. The van der Waals surface area contributed by atoms with E-state index in [0.717, 1.165) is 49.7 Å². The Morgan fingerprint density at radius 3 is 2.43 bits per heavy atom. The number of hydrogen-bond donors (Lipinski definition) is 2. The summed E-state index contributed by atoms with van der Waals surface area (Å²) in [6.07, 6.45) is 10.4. The summed E-state index contributed by atoms with van der Waals surface area (Å²) in [5.41, 5.74) is 2.16. The average molecular weight is 517 g/mol. The van der Waals surface area contributed by atoms with E-state index in [1.165, 1.54) is 0 Å². The van der Waals surface area contributed by atoms with Crippen LogP contribution in [-0.2, 0) is 9.59 Å². The standard InChI is InChI=1S/C32H37ClN2O2/c1-31-18-16-25-23(12-15-27-32(25,2)19-17-28(36)34-27)24(31)13-14-26(31)30(37)35-29(20-6-4-3-5-7-20)21-8-10-22(33)11-9-21/h3-11,17,19,23-27,29H,12-16,18H2,1-2H3,(H,34,36)(H,35,37)/t23-,24-,25+,26?,27?,29?,31-,32+/m0/s1.